The third-order valence-electron chi connectivity index (χ3n) is 8.37. The molecule has 7 heteroatoms. The minimum absolute atomic E-state index is 0.270. The second kappa shape index (κ2) is 16.7. The number of carbonyl (C=O) groups excluding carboxylic acids is 3. The van der Waals surface area contributed by atoms with Crippen LogP contribution in [0.4, 0.5) is 0 Å². The highest BCUT2D eigenvalue weighted by Gasteiger charge is 2.32. The Bertz CT molecular complexity index is 836. The first-order valence-electron chi connectivity index (χ1n) is 15.0. The van der Waals surface area contributed by atoms with E-state index in [1.807, 2.05) is 0 Å². The third kappa shape index (κ3) is 12.2. The lowest BCUT2D eigenvalue weighted by Crippen LogP contribution is -2.31. The van der Waals surface area contributed by atoms with Crippen molar-refractivity contribution in [2.75, 3.05) is 13.2 Å². The zero-order valence-corrected chi connectivity index (χ0v) is 25.3. The van der Waals surface area contributed by atoms with Crippen LogP contribution in [0.3, 0.4) is 0 Å². The van der Waals surface area contributed by atoms with Gasteiger partial charge >= 0.3 is 11.9 Å². The molecule has 0 aromatic rings. The minimum Gasteiger partial charge on any atom is -0.462 e. The summed E-state index contributed by atoms with van der Waals surface area (Å²) < 4.78 is 10.1. The number of rotatable bonds is 14. The molecule has 0 saturated heterocycles. The monoisotopic (exact) mass is 544 g/mol. The van der Waals surface area contributed by atoms with Gasteiger partial charge in [0.2, 0.25) is 5.78 Å². The molecule has 39 heavy (non-hydrogen) atoms. The Hall–Kier alpha value is -2.31. The second-order valence-corrected chi connectivity index (χ2v) is 12.2. The van der Waals surface area contributed by atoms with Crippen LogP contribution in [0, 0.1) is 23.7 Å². The lowest BCUT2D eigenvalue weighted by atomic mass is 9.70. The Kier molecular flexibility index (Phi) is 14.1. The molecule has 0 aliphatic heterocycles. The Labute approximate surface area is 236 Å². The molecule has 0 radical (unpaired) electrons. The van der Waals surface area contributed by atoms with E-state index < -0.39 is 11.8 Å². The number of carbonyl (C=O) groups is 3. The summed E-state index contributed by atoms with van der Waals surface area (Å²) in [6.07, 6.45) is 11.8. The summed E-state index contributed by atoms with van der Waals surface area (Å²) in [5.74, 6) is 1.16. The van der Waals surface area contributed by atoms with E-state index in [2.05, 4.69) is 34.3 Å². The van der Waals surface area contributed by atoms with Crippen molar-refractivity contribution >= 4 is 29.1 Å². The van der Waals surface area contributed by atoms with Gasteiger partial charge in [-0.25, -0.2) is 9.59 Å². The molecule has 2 aliphatic rings. The average molecular weight is 545 g/mol. The van der Waals surface area contributed by atoms with E-state index in [1.165, 1.54) is 45.4 Å². The summed E-state index contributed by atoms with van der Waals surface area (Å²) in [5, 5.41) is 0. The number of ketones is 1. The quantitative estimate of drug-likeness (QED) is 0.0795. The smallest absolute Gasteiger partial charge is 0.374 e. The van der Waals surface area contributed by atoms with Crippen LogP contribution in [0.5, 0.6) is 0 Å². The molecule has 220 valence electrons. The fourth-order valence-corrected chi connectivity index (χ4v) is 6.17. The van der Waals surface area contributed by atoms with Crippen LogP contribution in [0.15, 0.2) is 22.1 Å². The van der Waals surface area contributed by atoms with Crippen molar-refractivity contribution in [1.29, 1.82) is 0 Å². The highest BCUT2D eigenvalue weighted by Crippen LogP contribution is 2.40. The first kappa shape index (κ1) is 32.9. The van der Waals surface area contributed by atoms with Gasteiger partial charge in [-0.3, -0.25) is 14.8 Å². The summed E-state index contributed by atoms with van der Waals surface area (Å²) in [6.45, 7) is 16.1. The molecule has 2 saturated carbocycles. The number of hydrogen-bond donors (Lipinski definition) is 0. The van der Waals surface area contributed by atoms with Gasteiger partial charge in [0, 0.05) is 23.9 Å². The van der Waals surface area contributed by atoms with Crippen LogP contribution >= 0.6 is 0 Å². The van der Waals surface area contributed by atoms with Crippen molar-refractivity contribution < 1.29 is 23.9 Å². The molecule has 0 aromatic carbocycles. The lowest BCUT2D eigenvalue weighted by molar-refractivity contribution is -0.152. The molecule has 6 atom stereocenters. The molecular formula is C32H52N2O5. The Morgan fingerprint density at radius 3 is 1.54 bits per heavy atom. The number of hydrogen-bond acceptors (Lipinski definition) is 7. The zero-order valence-electron chi connectivity index (χ0n) is 25.3. The number of aliphatic imine (C=N–C) groups is 2. The van der Waals surface area contributed by atoms with Gasteiger partial charge in [-0.1, -0.05) is 20.4 Å². The molecule has 0 spiro atoms. The number of ether oxygens (including phenoxy) is 2. The predicted octanol–water partition coefficient (Wildman–Crippen LogP) is 6.72. The summed E-state index contributed by atoms with van der Waals surface area (Å²) >= 11 is 0. The van der Waals surface area contributed by atoms with Gasteiger partial charge in [0.1, 0.15) is 0 Å². The van der Waals surface area contributed by atoms with E-state index in [9.17, 15) is 14.4 Å². The van der Waals surface area contributed by atoms with E-state index >= 15 is 0 Å². The summed E-state index contributed by atoms with van der Waals surface area (Å²) in [7, 11) is 0. The fourth-order valence-electron chi connectivity index (χ4n) is 6.17. The van der Waals surface area contributed by atoms with Crippen LogP contribution in [-0.2, 0) is 23.9 Å². The molecule has 7 nitrogen and oxygen atoms in total. The molecule has 0 aromatic heterocycles. The van der Waals surface area contributed by atoms with E-state index in [1.54, 1.807) is 6.92 Å². The highest BCUT2D eigenvalue weighted by atomic mass is 16.5. The topological polar surface area (TPSA) is 94.4 Å². The van der Waals surface area contributed by atoms with Crippen molar-refractivity contribution in [1.82, 2.24) is 0 Å². The normalized spacial score (nSPS) is 28.1. The first-order valence-corrected chi connectivity index (χ1v) is 15.0. The van der Waals surface area contributed by atoms with Crippen LogP contribution in [0.2, 0.25) is 0 Å². The Morgan fingerprint density at radius 2 is 1.15 bits per heavy atom. The van der Waals surface area contributed by atoms with E-state index in [-0.39, 0.29) is 12.6 Å². The largest absolute Gasteiger partial charge is 0.462 e. The van der Waals surface area contributed by atoms with Crippen molar-refractivity contribution in [3.05, 3.63) is 12.2 Å². The summed E-state index contributed by atoms with van der Waals surface area (Å²) in [6, 6.07) is 0.800. The third-order valence-corrected chi connectivity index (χ3v) is 8.37. The molecular weight excluding hydrogens is 492 g/mol. The van der Waals surface area contributed by atoms with Crippen LogP contribution in [0.25, 0.3) is 0 Å². The molecule has 6 unspecified atom stereocenters. The number of esters is 2. The summed E-state index contributed by atoms with van der Waals surface area (Å²) in [5.41, 5.74) is 2.72. The van der Waals surface area contributed by atoms with Gasteiger partial charge < -0.3 is 9.47 Å². The average Bonchev–Trinajstić information content (AvgIpc) is 2.87. The molecule has 0 bridgehead atoms. The Balaban J connectivity index is 1.69. The minimum atomic E-state index is -0.752. The van der Waals surface area contributed by atoms with Crippen molar-refractivity contribution in [2.24, 2.45) is 33.7 Å². The van der Waals surface area contributed by atoms with Gasteiger partial charge in [0.25, 0.3) is 0 Å². The zero-order chi connectivity index (χ0) is 28.9. The molecule has 0 amide bonds. The van der Waals surface area contributed by atoms with Crippen molar-refractivity contribution in [3.63, 3.8) is 0 Å². The highest BCUT2D eigenvalue weighted by molar-refractivity contribution is 6.32. The van der Waals surface area contributed by atoms with Gasteiger partial charge in [-0.05, 0) is 115 Å². The lowest BCUT2D eigenvalue weighted by Gasteiger charge is -2.37. The van der Waals surface area contributed by atoms with Gasteiger partial charge in [0.15, 0.2) is 0 Å². The van der Waals surface area contributed by atoms with Crippen LogP contribution in [0.1, 0.15) is 112 Å². The maximum absolute atomic E-state index is 11.5. The van der Waals surface area contributed by atoms with E-state index in [0.29, 0.717) is 42.5 Å². The Morgan fingerprint density at radius 1 is 0.718 bits per heavy atom. The second-order valence-electron chi connectivity index (χ2n) is 12.2. The van der Waals surface area contributed by atoms with Crippen LogP contribution < -0.4 is 0 Å². The molecule has 0 heterocycles. The summed E-state index contributed by atoms with van der Waals surface area (Å²) in [4.78, 5) is 43.8. The fraction of sp³-hybridized carbons (Fsp3) is 0.781. The molecule has 2 aliphatic carbocycles. The molecule has 2 rings (SSSR count). The van der Waals surface area contributed by atoms with Gasteiger partial charge in [0.05, 0.1) is 25.3 Å². The number of Topliss-reactive ketones (excluding diaryl/α,β-unsaturated/α-hetero) is 1. The maximum Gasteiger partial charge on any atom is 0.374 e. The maximum atomic E-state index is 11.5. The number of nitrogens with zero attached hydrogens (tertiary/aromatic N) is 2. The predicted molar refractivity (Wildman–Crippen MR) is 157 cm³/mol. The van der Waals surface area contributed by atoms with Crippen molar-refractivity contribution in [2.45, 2.75) is 124 Å². The molecule has 0 N–H and O–H groups in total. The standard InChI is InChI=1S/C32H52N2O5/c1-21(2)31(36)38-16-8-10-24(5)33-29-14-12-27(18-22(29)3)20-28-13-15-30(23(4)19-28)34-25(6)11-9-17-39-32(37)26(7)35/h22-23,27-30H,1,8-20H2,2-7H3/b33-24+,34-25+. The SMILES string of the molecule is C=C(C)C(=O)OCCC/C(C)=N/C1CCC(CC2CCC(/N=C(\C)CCCOC(=O)C(C)=O)C(C)C2)CC1C. The van der Waals surface area contributed by atoms with Crippen LogP contribution in [-0.4, -0.2) is 54.4 Å². The van der Waals surface area contributed by atoms with Crippen molar-refractivity contribution in [3.8, 4) is 0 Å². The molecule has 2 fully saturated rings. The van der Waals surface area contributed by atoms with E-state index in [4.69, 9.17) is 19.5 Å². The van der Waals surface area contributed by atoms with Gasteiger partial charge in [-0.2, -0.15) is 0 Å². The van der Waals surface area contributed by atoms with E-state index in [0.717, 1.165) is 48.9 Å². The first-order chi connectivity index (χ1) is 18.5. The van der Waals surface area contributed by atoms with Gasteiger partial charge in [-0.15, -0.1) is 0 Å².